The Labute approximate surface area is 201 Å². The van der Waals surface area contributed by atoms with Crippen molar-refractivity contribution < 1.29 is 22.4 Å². The summed E-state index contributed by atoms with van der Waals surface area (Å²) in [5.74, 6) is -1.01. The number of rotatable bonds is 6. The number of alkyl halides is 3. The lowest BCUT2D eigenvalue weighted by molar-refractivity contribution is -0.136. The van der Waals surface area contributed by atoms with E-state index in [1.165, 1.54) is 40.8 Å². The van der Waals surface area contributed by atoms with Gasteiger partial charge in [0.1, 0.15) is 12.4 Å². The van der Waals surface area contributed by atoms with Crippen molar-refractivity contribution in [3.05, 3.63) is 70.0 Å². The summed E-state index contributed by atoms with van der Waals surface area (Å²) >= 11 is 6.05. The van der Waals surface area contributed by atoms with E-state index in [0.717, 1.165) is 18.9 Å². The highest BCUT2D eigenvalue weighted by Crippen LogP contribution is 2.43. The van der Waals surface area contributed by atoms with Crippen LogP contribution in [0.3, 0.4) is 0 Å². The number of amides is 1. The van der Waals surface area contributed by atoms with Crippen molar-refractivity contribution in [1.82, 2.24) is 24.5 Å². The Morgan fingerprint density at radius 2 is 2.06 bits per heavy atom. The number of aromatic nitrogens is 5. The van der Waals surface area contributed by atoms with Crippen LogP contribution in [0.15, 0.2) is 36.7 Å². The van der Waals surface area contributed by atoms with Crippen molar-refractivity contribution in [2.45, 2.75) is 44.9 Å². The highest BCUT2D eigenvalue weighted by atomic mass is 35.5. The third-order valence-electron chi connectivity index (χ3n) is 5.79. The van der Waals surface area contributed by atoms with Crippen molar-refractivity contribution in [2.24, 2.45) is 0 Å². The highest BCUT2D eigenvalue weighted by Gasteiger charge is 2.37. The minimum atomic E-state index is -4.57. The number of hydrogen-bond acceptors (Lipinski definition) is 4. The molecule has 1 aromatic carbocycles. The number of nitrogens with zero attached hydrogens (tertiary/aromatic N) is 5. The lowest BCUT2D eigenvalue weighted by atomic mass is 10.1. The van der Waals surface area contributed by atoms with Gasteiger partial charge in [0.15, 0.2) is 5.65 Å². The standard InChI is InChI=1S/C23H19ClF4N6O/c1-12-21-16(23(26,27)28)7-19(13-5-6-13)31-22(21)34(32-12)11-20(35)30-14-8-29-33(9-14)10-15-17(24)3-2-4-18(15)25/h2-4,7-9,13H,5-6,10-11H2,1H3,(H,30,35). The Hall–Kier alpha value is -3.47. The number of carbonyl (C=O) groups excluding carboxylic acids is 1. The smallest absolute Gasteiger partial charge is 0.322 e. The molecule has 1 aliphatic rings. The van der Waals surface area contributed by atoms with Crippen LogP contribution in [0, 0.1) is 12.7 Å². The van der Waals surface area contributed by atoms with Gasteiger partial charge in [-0.3, -0.25) is 9.48 Å². The van der Waals surface area contributed by atoms with Crippen molar-refractivity contribution in [3.8, 4) is 0 Å². The van der Waals surface area contributed by atoms with E-state index in [4.69, 9.17) is 11.6 Å². The molecule has 1 N–H and O–H groups in total. The molecular formula is C23H19ClF4N6O. The van der Waals surface area contributed by atoms with Gasteiger partial charge in [0, 0.05) is 28.4 Å². The number of hydrogen-bond donors (Lipinski definition) is 1. The van der Waals surface area contributed by atoms with Gasteiger partial charge in [-0.05, 0) is 38.0 Å². The third-order valence-corrected chi connectivity index (χ3v) is 6.14. The zero-order valence-corrected chi connectivity index (χ0v) is 19.2. The van der Waals surface area contributed by atoms with Crippen LogP contribution in [0.1, 0.15) is 41.3 Å². The zero-order chi connectivity index (χ0) is 24.9. The van der Waals surface area contributed by atoms with E-state index in [-0.39, 0.29) is 46.3 Å². The Bertz CT molecular complexity index is 1420. The molecule has 0 bridgehead atoms. The van der Waals surface area contributed by atoms with Crippen LogP contribution >= 0.6 is 11.6 Å². The van der Waals surface area contributed by atoms with E-state index >= 15 is 0 Å². The first-order valence-corrected chi connectivity index (χ1v) is 11.2. The number of benzene rings is 1. The summed E-state index contributed by atoms with van der Waals surface area (Å²) in [6.07, 6.45) is -0.124. The molecule has 182 valence electrons. The minimum Gasteiger partial charge on any atom is -0.322 e. The number of carbonyl (C=O) groups is 1. The van der Waals surface area contributed by atoms with Crippen LogP contribution in [0.2, 0.25) is 5.02 Å². The van der Waals surface area contributed by atoms with Crippen LogP contribution in [0.4, 0.5) is 23.2 Å². The highest BCUT2D eigenvalue weighted by molar-refractivity contribution is 6.31. The predicted octanol–water partition coefficient (Wildman–Crippen LogP) is 5.31. The van der Waals surface area contributed by atoms with Crippen molar-refractivity contribution in [1.29, 1.82) is 0 Å². The Kier molecular flexibility index (Phi) is 5.74. The Balaban J connectivity index is 1.37. The van der Waals surface area contributed by atoms with E-state index in [9.17, 15) is 22.4 Å². The second kappa shape index (κ2) is 8.63. The number of fused-ring (bicyclic) bond motifs is 1. The fourth-order valence-corrected chi connectivity index (χ4v) is 4.21. The second-order valence-electron chi connectivity index (χ2n) is 8.48. The maximum Gasteiger partial charge on any atom is 0.417 e. The van der Waals surface area contributed by atoms with E-state index in [1.807, 2.05) is 0 Å². The number of anilines is 1. The van der Waals surface area contributed by atoms with Gasteiger partial charge < -0.3 is 5.32 Å². The van der Waals surface area contributed by atoms with Gasteiger partial charge in [-0.1, -0.05) is 17.7 Å². The van der Waals surface area contributed by atoms with Crippen LogP contribution in [0.5, 0.6) is 0 Å². The van der Waals surface area contributed by atoms with E-state index < -0.39 is 23.5 Å². The van der Waals surface area contributed by atoms with Gasteiger partial charge in [0.05, 0.1) is 35.1 Å². The fourth-order valence-electron chi connectivity index (χ4n) is 3.99. The molecule has 1 amide bonds. The Morgan fingerprint density at radius 1 is 1.29 bits per heavy atom. The number of aryl methyl sites for hydroxylation is 1. The van der Waals surface area contributed by atoms with Gasteiger partial charge >= 0.3 is 6.18 Å². The molecule has 1 saturated carbocycles. The van der Waals surface area contributed by atoms with Gasteiger partial charge in [-0.15, -0.1) is 0 Å². The quantitative estimate of drug-likeness (QED) is 0.359. The molecule has 12 heteroatoms. The molecule has 35 heavy (non-hydrogen) atoms. The molecule has 0 aliphatic heterocycles. The molecule has 0 atom stereocenters. The first-order valence-electron chi connectivity index (χ1n) is 10.8. The number of nitrogens with one attached hydrogen (secondary N) is 1. The van der Waals surface area contributed by atoms with Crippen LogP contribution in [-0.2, 0) is 24.1 Å². The van der Waals surface area contributed by atoms with E-state index in [2.05, 4.69) is 20.5 Å². The van der Waals surface area contributed by atoms with E-state index in [1.54, 1.807) is 6.07 Å². The molecule has 3 aromatic heterocycles. The molecule has 1 aliphatic carbocycles. The molecule has 7 nitrogen and oxygen atoms in total. The summed E-state index contributed by atoms with van der Waals surface area (Å²) in [6, 6.07) is 5.44. The van der Waals surface area contributed by atoms with Crippen molar-refractivity contribution >= 4 is 34.2 Å². The average Bonchev–Trinajstić information content (AvgIpc) is 3.47. The first-order chi connectivity index (χ1) is 16.6. The lowest BCUT2D eigenvalue weighted by Crippen LogP contribution is -2.20. The summed E-state index contributed by atoms with van der Waals surface area (Å²) in [5, 5.41) is 11.0. The summed E-state index contributed by atoms with van der Waals surface area (Å²) in [6.45, 7) is 1.17. The lowest BCUT2D eigenvalue weighted by Gasteiger charge is -2.11. The molecule has 0 unspecified atom stereocenters. The van der Waals surface area contributed by atoms with Crippen molar-refractivity contribution in [2.75, 3.05) is 5.32 Å². The summed E-state index contributed by atoms with van der Waals surface area (Å²) in [5.41, 5.74) is 0.329. The topological polar surface area (TPSA) is 77.6 Å². The molecule has 3 heterocycles. The third kappa shape index (κ3) is 4.72. The SMILES string of the molecule is Cc1nn(CC(=O)Nc2cnn(Cc3c(F)cccc3Cl)c2)c2nc(C3CC3)cc(C(F)(F)F)c12. The van der Waals surface area contributed by atoms with Gasteiger partial charge in [0.2, 0.25) is 5.91 Å². The minimum absolute atomic E-state index is 0.00761. The van der Waals surface area contributed by atoms with Gasteiger partial charge in [-0.25, -0.2) is 14.1 Å². The summed E-state index contributed by atoms with van der Waals surface area (Å²) < 4.78 is 57.9. The maximum atomic E-state index is 14.0. The van der Waals surface area contributed by atoms with E-state index in [0.29, 0.717) is 11.4 Å². The van der Waals surface area contributed by atoms with Gasteiger partial charge in [0.25, 0.3) is 0 Å². The normalized spacial score (nSPS) is 14.0. The summed E-state index contributed by atoms with van der Waals surface area (Å²) in [4.78, 5) is 17.1. The number of pyridine rings is 1. The van der Waals surface area contributed by atoms with Crippen LogP contribution in [-0.4, -0.2) is 30.5 Å². The zero-order valence-electron chi connectivity index (χ0n) is 18.4. The molecule has 1 fully saturated rings. The predicted molar refractivity (Wildman–Crippen MR) is 121 cm³/mol. The molecular weight excluding hydrogens is 488 g/mol. The van der Waals surface area contributed by atoms with Gasteiger partial charge in [-0.2, -0.15) is 23.4 Å². The average molecular weight is 507 g/mol. The van der Waals surface area contributed by atoms with Crippen LogP contribution in [0.25, 0.3) is 11.0 Å². The van der Waals surface area contributed by atoms with Crippen molar-refractivity contribution in [3.63, 3.8) is 0 Å². The molecule has 0 saturated heterocycles. The summed E-state index contributed by atoms with van der Waals surface area (Å²) in [7, 11) is 0. The monoisotopic (exact) mass is 506 g/mol. The first kappa shape index (κ1) is 23.3. The molecule has 5 rings (SSSR count). The van der Waals surface area contributed by atoms with Crippen LogP contribution < -0.4 is 5.32 Å². The largest absolute Gasteiger partial charge is 0.417 e. The Morgan fingerprint density at radius 3 is 2.74 bits per heavy atom. The molecule has 0 radical (unpaired) electrons. The second-order valence-corrected chi connectivity index (χ2v) is 8.89. The molecule has 0 spiro atoms. The maximum absolute atomic E-state index is 14.0. The fraction of sp³-hybridized carbons (Fsp3) is 0.304. The molecule has 4 aromatic rings. The number of halogens is 5.